The van der Waals surface area contributed by atoms with Gasteiger partial charge in [-0.1, -0.05) is 30.3 Å². The third kappa shape index (κ3) is 5.81. The van der Waals surface area contributed by atoms with Gasteiger partial charge in [0.15, 0.2) is 0 Å². The minimum absolute atomic E-state index is 0.0127. The molecular formula is C26H34N2O4. The van der Waals surface area contributed by atoms with E-state index < -0.39 is 0 Å². The molecule has 6 nitrogen and oxygen atoms in total. The van der Waals surface area contributed by atoms with Crippen molar-refractivity contribution in [2.45, 2.75) is 44.8 Å². The first-order valence-corrected chi connectivity index (χ1v) is 11.8. The van der Waals surface area contributed by atoms with Gasteiger partial charge in [-0.2, -0.15) is 0 Å². The van der Waals surface area contributed by atoms with Crippen molar-refractivity contribution in [3.8, 4) is 11.5 Å². The number of amides is 1. The average Bonchev–Trinajstić information content (AvgIpc) is 2.85. The highest BCUT2D eigenvalue weighted by Gasteiger charge is 2.25. The molecule has 0 saturated carbocycles. The molecule has 1 amide bonds. The molecule has 2 aromatic rings. The highest BCUT2D eigenvalue weighted by molar-refractivity contribution is 5.97. The van der Waals surface area contributed by atoms with Gasteiger partial charge in [-0.05, 0) is 50.3 Å². The van der Waals surface area contributed by atoms with Crippen molar-refractivity contribution >= 4 is 5.91 Å². The van der Waals surface area contributed by atoms with Gasteiger partial charge >= 0.3 is 0 Å². The minimum Gasteiger partial charge on any atom is -0.491 e. The third-order valence-corrected chi connectivity index (χ3v) is 6.30. The Morgan fingerprint density at radius 2 is 1.59 bits per heavy atom. The van der Waals surface area contributed by atoms with Crippen LogP contribution < -0.4 is 9.47 Å². The number of hydrogen-bond acceptors (Lipinski definition) is 5. The Kier molecular flexibility index (Phi) is 8.02. The van der Waals surface area contributed by atoms with Crippen molar-refractivity contribution in [1.29, 1.82) is 0 Å². The summed E-state index contributed by atoms with van der Waals surface area (Å²) in [5, 5.41) is 9.04. The second kappa shape index (κ2) is 11.3. The van der Waals surface area contributed by atoms with Crippen molar-refractivity contribution in [3.05, 3.63) is 59.7 Å². The molecule has 2 heterocycles. The van der Waals surface area contributed by atoms with Gasteiger partial charge in [0.2, 0.25) is 0 Å². The van der Waals surface area contributed by atoms with Crippen LogP contribution in [0.2, 0.25) is 0 Å². The highest BCUT2D eigenvalue weighted by Crippen LogP contribution is 2.27. The minimum atomic E-state index is 0.0127. The number of ether oxygens (including phenoxy) is 2. The molecule has 2 aromatic carbocycles. The van der Waals surface area contributed by atoms with Crippen LogP contribution in [0.1, 0.15) is 48.0 Å². The number of aliphatic hydroxyl groups is 1. The van der Waals surface area contributed by atoms with E-state index in [1.165, 1.54) is 6.42 Å². The molecule has 6 heteroatoms. The summed E-state index contributed by atoms with van der Waals surface area (Å²) in [6, 6.07) is 15.7. The number of carbonyl (C=O) groups excluding carboxylic acids is 1. The van der Waals surface area contributed by atoms with E-state index in [9.17, 15) is 4.79 Å². The van der Waals surface area contributed by atoms with Crippen LogP contribution in [-0.2, 0) is 6.54 Å². The SMILES string of the molecule is O=C(c1ccccc1OC1CCN(Cc2ccccc2OCCO)CC1)N1CCCCC1. The average molecular weight is 439 g/mol. The Hall–Kier alpha value is -2.57. The normalized spacial score (nSPS) is 17.8. The molecule has 4 rings (SSSR count). The number of aliphatic hydroxyl groups excluding tert-OH is 1. The van der Waals surface area contributed by atoms with E-state index >= 15 is 0 Å². The van der Waals surface area contributed by atoms with E-state index in [1.54, 1.807) is 0 Å². The van der Waals surface area contributed by atoms with Gasteiger partial charge in [0.25, 0.3) is 5.91 Å². The third-order valence-electron chi connectivity index (χ3n) is 6.30. The quantitative estimate of drug-likeness (QED) is 0.681. The van der Waals surface area contributed by atoms with Gasteiger partial charge in [0.1, 0.15) is 24.2 Å². The number of nitrogens with zero attached hydrogens (tertiary/aromatic N) is 2. The van der Waals surface area contributed by atoms with E-state index in [2.05, 4.69) is 11.0 Å². The zero-order chi connectivity index (χ0) is 22.2. The van der Waals surface area contributed by atoms with E-state index in [0.29, 0.717) is 17.9 Å². The van der Waals surface area contributed by atoms with Crippen LogP contribution in [0.3, 0.4) is 0 Å². The first kappa shape index (κ1) is 22.6. The summed E-state index contributed by atoms with van der Waals surface area (Å²) in [6.07, 6.45) is 5.33. The lowest BCUT2D eigenvalue weighted by atomic mass is 10.1. The van der Waals surface area contributed by atoms with E-state index in [-0.39, 0.29) is 18.6 Å². The molecule has 0 spiro atoms. The molecule has 0 unspecified atom stereocenters. The maximum absolute atomic E-state index is 13.0. The fraction of sp³-hybridized carbons (Fsp3) is 0.500. The van der Waals surface area contributed by atoms with Gasteiger partial charge in [-0.3, -0.25) is 9.69 Å². The first-order chi connectivity index (χ1) is 15.7. The highest BCUT2D eigenvalue weighted by atomic mass is 16.5. The Balaban J connectivity index is 1.33. The maximum Gasteiger partial charge on any atom is 0.257 e. The molecule has 0 atom stereocenters. The second-order valence-electron chi connectivity index (χ2n) is 8.62. The van der Waals surface area contributed by atoms with E-state index in [1.807, 2.05) is 47.4 Å². The number of hydrogen-bond donors (Lipinski definition) is 1. The molecule has 2 aliphatic rings. The van der Waals surface area contributed by atoms with Crippen LogP contribution in [0.5, 0.6) is 11.5 Å². The number of piperidine rings is 2. The molecule has 2 saturated heterocycles. The van der Waals surface area contributed by atoms with E-state index in [0.717, 1.165) is 69.7 Å². The van der Waals surface area contributed by atoms with Gasteiger partial charge < -0.3 is 19.5 Å². The number of para-hydroxylation sites is 2. The van der Waals surface area contributed by atoms with Crippen molar-refractivity contribution in [3.63, 3.8) is 0 Å². The Morgan fingerprint density at radius 1 is 0.906 bits per heavy atom. The van der Waals surface area contributed by atoms with Crippen molar-refractivity contribution in [1.82, 2.24) is 9.80 Å². The van der Waals surface area contributed by atoms with Gasteiger partial charge in [-0.25, -0.2) is 0 Å². The van der Waals surface area contributed by atoms with Gasteiger partial charge in [0.05, 0.1) is 12.2 Å². The zero-order valence-corrected chi connectivity index (χ0v) is 18.7. The molecule has 0 radical (unpaired) electrons. The van der Waals surface area contributed by atoms with Crippen molar-refractivity contribution < 1.29 is 19.4 Å². The summed E-state index contributed by atoms with van der Waals surface area (Å²) in [7, 11) is 0. The summed E-state index contributed by atoms with van der Waals surface area (Å²) >= 11 is 0. The largest absolute Gasteiger partial charge is 0.491 e. The topological polar surface area (TPSA) is 62.2 Å². The molecule has 0 bridgehead atoms. The lowest BCUT2D eigenvalue weighted by molar-refractivity contribution is 0.0701. The van der Waals surface area contributed by atoms with Crippen molar-refractivity contribution in [2.75, 3.05) is 39.4 Å². The van der Waals surface area contributed by atoms with Gasteiger partial charge in [0, 0.05) is 38.3 Å². The van der Waals surface area contributed by atoms with Crippen molar-refractivity contribution in [2.24, 2.45) is 0 Å². The predicted octanol–water partition coefficient (Wildman–Crippen LogP) is 3.73. The molecule has 2 aliphatic heterocycles. The standard InChI is InChI=1S/C26H34N2O4/c29-18-19-31-24-10-4-2-8-21(24)20-27-16-12-22(13-17-27)32-25-11-5-3-9-23(25)26(30)28-14-6-1-7-15-28/h2-5,8-11,22,29H,1,6-7,12-20H2. The Bertz CT molecular complexity index is 874. The van der Waals surface area contributed by atoms with Gasteiger partial charge in [-0.15, -0.1) is 0 Å². The molecule has 0 aromatic heterocycles. The first-order valence-electron chi connectivity index (χ1n) is 11.8. The van der Waals surface area contributed by atoms with Crippen LogP contribution in [0.25, 0.3) is 0 Å². The molecule has 32 heavy (non-hydrogen) atoms. The molecule has 1 N–H and O–H groups in total. The lowest BCUT2D eigenvalue weighted by Gasteiger charge is -2.33. The Morgan fingerprint density at radius 3 is 2.34 bits per heavy atom. The Labute approximate surface area is 190 Å². The fourth-order valence-electron chi connectivity index (χ4n) is 4.55. The van der Waals surface area contributed by atoms with E-state index in [4.69, 9.17) is 14.6 Å². The summed E-state index contributed by atoms with van der Waals surface area (Å²) in [5.41, 5.74) is 1.82. The number of likely N-dealkylation sites (tertiary alicyclic amines) is 2. The summed E-state index contributed by atoms with van der Waals surface area (Å²) in [6.45, 7) is 4.69. The number of rotatable bonds is 8. The number of benzene rings is 2. The van der Waals surface area contributed by atoms with Crippen LogP contribution in [-0.4, -0.2) is 66.3 Å². The predicted molar refractivity (Wildman–Crippen MR) is 124 cm³/mol. The summed E-state index contributed by atoms with van der Waals surface area (Å²) in [4.78, 5) is 17.4. The molecular weight excluding hydrogens is 404 g/mol. The van der Waals surface area contributed by atoms with Crippen LogP contribution in [0, 0.1) is 0 Å². The smallest absolute Gasteiger partial charge is 0.257 e. The van der Waals surface area contributed by atoms with Crippen LogP contribution in [0.4, 0.5) is 0 Å². The number of carbonyl (C=O) groups is 1. The molecule has 2 fully saturated rings. The molecule has 172 valence electrons. The monoisotopic (exact) mass is 438 g/mol. The summed E-state index contributed by atoms with van der Waals surface area (Å²) in [5.74, 6) is 1.64. The maximum atomic E-state index is 13.0. The lowest BCUT2D eigenvalue weighted by Crippen LogP contribution is -2.38. The summed E-state index contributed by atoms with van der Waals surface area (Å²) < 4.78 is 12.0. The fourth-order valence-corrected chi connectivity index (χ4v) is 4.55. The second-order valence-corrected chi connectivity index (χ2v) is 8.62. The zero-order valence-electron chi connectivity index (χ0n) is 18.7. The van der Waals surface area contributed by atoms with Crippen LogP contribution in [0.15, 0.2) is 48.5 Å². The molecule has 0 aliphatic carbocycles. The van der Waals surface area contributed by atoms with Crippen LogP contribution >= 0.6 is 0 Å².